The second kappa shape index (κ2) is 6.97. The Morgan fingerprint density at radius 1 is 1.11 bits per heavy atom. The lowest BCUT2D eigenvalue weighted by atomic mass is 9.49. The van der Waals surface area contributed by atoms with E-state index in [2.05, 4.69) is 20.5 Å². The molecule has 0 unspecified atom stereocenters. The predicted molar refractivity (Wildman–Crippen MR) is 105 cm³/mol. The molecule has 4 saturated carbocycles. The molecule has 4 aliphatic carbocycles. The van der Waals surface area contributed by atoms with Gasteiger partial charge in [-0.15, -0.1) is 0 Å². The summed E-state index contributed by atoms with van der Waals surface area (Å²) in [5.41, 5.74) is 2.32. The number of H-pyrrole nitrogens is 1. The van der Waals surface area contributed by atoms with E-state index in [1.165, 1.54) is 50.4 Å². The third kappa shape index (κ3) is 3.64. The molecule has 1 aromatic carbocycles. The van der Waals surface area contributed by atoms with E-state index in [1.54, 1.807) is 11.8 Å². The topological polar surface area (TPSA) is 70.7 Å². The summed E-state index contributed by atoms with van der Waals surface area (Å²) in [6.07, 6.45) is 9.84. The van der Waals surface area contributed by atoms with Gasteiger partial charge in [-0.05, 0) is 79.4 Å². The molecule has 4 aliphatic rings. The highest BCUT2D eigenvalue weighted by molar-refractivity contribution is 7.98. The highest BCUT2D eigenvalue weighted by atomic mass is 32.2. The zero-order chi connectivity index (χ0) is 18.3. The van der Waals surface area contributed by atoms with Crippen LogP contribution in [0.5, 0.6) is 0 Å². The van der Waals surface area contributed by atoms with Crippen LogP contribution >= 0.6 is 11.8 Å². The number of hydrogen-bond donors (Lipinski definition) is 2. The average molecular weight is 383 g/mol. The Kier molecular flexibility index (Phi) is 4.46. The number of nitrogens with zero attached hydrogens (tertiary/aromatic N) is 2. The van der Waals surface area contributed by atoms with Crippen LogP contribution in [0, 0.1) is 23.2 Å². The van der Waals surface area contributed by atoms with Crippen molar-refractivity contribution >= 4 is 17.7 Å². The molecule has 142 valence electrons. The maximum Gasteiger partial charge on any atom is 0.251 e. The molecular weight excluding hydrogens is 356 g/mol. The first-order chi connectivity index (χ1) is 13.2. The predicted octanol–water partition coefficient (Wildman–Crippen LogP) is 4.04. The van der Waals surface area contributed by atoms with Gasteiger partial charge in [0, 0.05) is 17.9 Å². The summed E-state index contributed by atoms with van der Waals surface area (Å²) < 4.78 is 0. The summed E-state index contributed by atoms with van der Waals surface area (Å²) >= 11 is 1.61. The first-order valence-electron chi connectivity index (χ1n) is 10.0. The number of thioether (sulfide) groups is 1. The fourth-order valence-corrected chi connectivity index (χ4v) is 6.78. The monoisotopic (exact) mass is 382 g/mol. The smallest absolute Gasteiger partial charge is 0.251 e. The molecule has 1 amide bonds. The lowest BCUT2D eigenvalue weighted by molar-refractivity contribution is -0.0503. The number of aromatic amines is 1. The van der Waals surface area contributed by atoms with Gasteiger partial charge in [0.15, 0.2) is 5.16 Å². The summed E-state index contributed by atoms with van der Waals surface area (Å²) in [5.74, 6) is 3.66. The molecule has 6 heteroatoms. The molecular formula is C21H26N4OS. The summed E-state index contributed by atoms with van der Waals surface area (Å²) in [5, 5.41) is 10.8. The molecule has 2 N–H and O–H groups in total. The van der Waals surface area contributed by atoms with Gasteiger partial charge < -0.3 is 5.32 Å². The van der Waals surface area contributed by atoms with E-state index in [0.29, 0.717) is 5.41 Å². The number of carbonyl (C=O) groups is 1. The van der Waals surface area contributed by atoms with Crippen LogP contribution in [0.4, 0.5) is 0 Å². The number of nitrogens with one attached hydrogen (secondary N) is 2. The van der Waals surface area contributed by atoms with Gasteiger partial charge in [-0.1, -0.05) is 23.9 Å². The van der Waals surface area contributed by atoms with E-state index in [1.807, 2.05) is 24.3 Å². The number of benzene rings is 1. The van der Waals surface area contributed by atoms with E-state index in [0.717, 1.165) is 40.8 Å². The molecule has 1 heterocycles. The summed E-state index contributed by atoms with van der Waals surface area (Å²) in [4.78, 5) is 16.8. The maximum absolute atomic E-state index is 12.7. The maximum atomic E-state index is 12.7. The van der Waals surface area contributed by atoms with Crippen molar-refractivity contribution in [2.75, 3.05) is 6.54 Å². The SMILES string of the molecule is O=C(NCC12CC3CC(CC(C3)C1)C2)c1ccc(CSc2ncn[nH]2)cc1. The standard InChI is InChI=1S/C21H26N4OS/c26-19(18-3-1-14(2-4-18)11-27-20-23-13-24-25-20)22-12-21-8-15-5-16(9-21)7-17(6-15)10-21/h1-4,13,15-17H,5-12H2,(H,22,26)(H,23,24,25). The van der Waals surface area contributed by atoms with Crippen molar-refractivity contribution in [3.05, 3.63) is 41.7 Å². The minimum Gasteiger partial charge on any atom is -0.351 e. The Morgan fingerprint density at radius 2 is 1.78 bits per heavy atom. The molecule has 27 heavy (non-hydrogen) atoms. The second-order valence-electron chi connectivity index (χ2n) is 8.88. The molecule has 0 radical (unpaired) electrons. The Morgan fingerprint density at radius 3 is 2.37 bits per heavy atom. The van der Waals surface area contributed by atoms with Gasteiger partial charge in [0.25, 0.3) is 5.91 Å². The Bertz CT molecular complexity index is 767. The molecule has 0 aliphatic heterocycles. The van der Waals surface area contributed by atoms with Crippen LogP contribution in [0.1, 0.15) is 54.4 Å². The van der Waals surface area contributed by atoms with Crippen LogP contribution in [-0.2, 0) is 5.75 Å². The van der Waals surface area contributed by atoms with Crippen LogP contribution in [-0.4, -0.2) is 27.6 Å². The number of hydrogen-bond acceptors (Lipinski definition) is 4. The van der Waals surface area contributed by atoms with Crippen molar-refractivity contribution in [2.24, 2.45) is 23.2 Å². The third-order valence-corrected chi connectivity index (χ3v) is 7.72. The van der Waals surface area contributed by atoms with E-state index < -0.39 is 0 Å². The van der Waals surface area contributed by atoms with E-state index >= 15 is 0 Å². The highest BCUT2D eigenvalue weighted by Gasteiger charge is 2.50. The third-order valence-electron chi connectivity index (χ3n) is 6.77. The van der Waals surface area contributed by atoms with E-state index in [4.69, 9.17) is 0 Å². The van der Waals surface area contributed by atoms with Gasteiger partial charge in [0.2, 0.25) is 0 Å². The average Bonchev–Trinajstić information content (AvgIpc) is 3.17. The zero-order valence-corrected chi connectivity index (χ0v) is 16.3. The van der Waals surface area contributed by atoms with Gasteiger partial charge in [-0.2, -0.15) is 5.10 Å². The summed E-state index contributed by atoms with van der Waals surface area (Å²) in [6, 6.07) is 7.93. The normalized spacial score (nSPS) is 31.2. The van der Waals surface area contributed by atoms with Crippen molar-refractivity contribution in [3.63, 3.8) is 0 Å². The fourth-order valence-electron chi connectivity index (χ4n) is 6.04. The fraction of sp³-hybridized carbons (Fsp3) is 0.571. The zero-order valence-electron chi connectivity index (χ0n) is 15.5. The number of rotatable bonds is 6. The molecule has 0 spiro atoms. The minimum atomic E-state index is 0.0696. The molecule has 4 bridgehead atoms. The van der Waals surface area contributed by atoms with Crippen molar-refractivity contribution in [1.29, 1.82) is 0 Å². The van der Waals surface area contributed by atoms with Gasteiger partial charge in [-0.25, -0.2) is 4.98 Å². The highest BCUT2D eigenvalue weighted by Crippen LogP contribution is 2.59. The second-order valence-corrected chi connectivity index (χ2v) is 9.84. The number of aromatic nitrogens is 3. The van der Waals surface area contributed by atoms with Gasteiger partial charge in [0.1, 0.15) is 6.33 Å². The molecule has 4 fully saturated rings. The Balaban J connectivity index is 1.17. The summed E-state index contributed by atoms with van der Waals surface area (Å²) in [6.45, 7) is 0.860. The van der Waals surface area contributed by atoms with Gasteiger partial charge >= 0.3 is 0 Å². The van der Waals surface area contributed by atoms with Crippen LogP contribution in [0.3, 0.4) is 0 Å². The van der Waals surface area contributed by atoms with Crippen LogP contribution < -0.4 is 5.32 Å². The van der Waals surface area contributed by atoms with Crippen molar-refractivity contribution in [2.45, 2.75) is 49.4 Å². The van der Waals surface area contributed by atoms with Crippen LogP contribution in [0.15, 0.2) is 35.7 Å². The van der Waals surface area contributed by atoms with E-state index in [9.17, 15) is 4.79 Å². The van der Waals surface area contributed by atoms with Crippen LogP contribution in [0.2, 0.25) is 0 Å². The lowest BCUT2D eigenvalue weighted by Gasteiger charge is -2.56. The first-order valence-corrected chi connectivity index (χ1v) is 11.0. The Labute approximate surface area is 164 Å². The Hall–Kier alpha value is -1.82. The van der Waals surface area contributed by atoms with Crippen LogP contribution in [0.25, 0.3) is 0 Å². The molecule has 2 aromatic rings. The van der Waals surface area contributed by atoms with Gasteiger partial charge in [-0.3, -0.25) is 9.89 Å². The first kappa shape index (κ1) is 17.3. The minimum absolute atomic E-state index is 0.0696. The molecule has 5 nitrogen and oxygen atoms in total. The van der Waals surface area contributed by atoms with E-state index in [-0.39, 0.29) is 5.91 Å². The molecule has 6 rings (SSSR count). The summed E-state index contributed by atoms with van der Waals surface area (Å²) in [7, 11) is 0. The lowest BCUT2D eigenvalue weighted by Crippen LogP contribution is -2.51. The molecule has 0 saturated heterocycles. The number of carbonyl (C=O) groups excluding carboxylic acids is 1. The van der Waals surface area contributed by atoms with Crippen molar-refractivity contribution in [3.8, 4) is 0 Å². The van der Waals surface area contributed by atoms with Crippen molar-refractivity contribution < 1.29 is 4.79 Å². The van der Waals surface area contributed by atoms with Crippen molar-refractivity contribution in [1.82, 2.24) is 20.5 Å². The molecule has 1 aromatic heterocycles. The quantitative estimate of drug-likeness (QED) is 0.740. The molecule has 0 atom stereocenters. The van der Waals surface area contributed by atoms with Gasteiger partial charge in [0.05, 0.1) is 0 Å². The largest absolute Gasteiger partial charge is 0.351 e. The number of amides is 1.